The third kappa shape index (κ3) is 5.31. The summed E-state index contributed by atoms with van der Waals surface area (Å²) in [5.74, 6) is 0.793. The number of piperidine rings is 1. The number of benzene rings is 1. The molecule has 0 radical (unpaired) electrons. The Bertz CT molecular complexity index is 355. The predicted octanol–water partition coefficient (Wildman–Crippen LogP) is 0.879. The third-order valence-corrected chi connectivity index (χ3v) is 3.81. The Balaban J connectivity index is 1.63. The number of aliphatic hydroxyl groups excluding tert-OH is 1. The van der Waals surface area contributed by atoms with Crippen LogP contribution >= 0.6 is 0 Å². The number of likely N-dealkylation sites (tertiary alicyclic amines) is 1. The summed E-state index contributed by atoms with van der Waals surface area (Å²) >= 11 is 0. The molecule has 1 aliphatic heterocycles. The topological polar surface area (TPSA) is 33.9 Å². The van der Waals surface area contributed by atoms with Crippen LogP contribution in [-0.2, 0) is 11.3 Å². The molecule has 0 saturated carbocycles. The first-order valence-electron chi connectivity index (χ1n) is 7.37. The summed E-state index contributed by atoms with van der Waals surface area (Å²) in [6, 6.07) is 10.1. The average molecular weight is 264 g/mol. The number of hydrogen-bond donors (Lipinski definition) is 2. The number of hydrogen-bond acceptors (Lipinski definition) is 2. The van der Waals surface area contributed by atoms with E-state index in [9.17, 15) is 5.11 Å². The maximum atomic E-state index is 10.0. The summed E-state index contributed by atoms with van der Waals surface area (Å²) in [5.41, 5.74) is 1.16. The largest absolute Gasteiger partial charge is 0.385 e. The van der Waals surface area contributed by atoms with E-state index in [1.807, 2.05) is 30.3 Å². The molecule has 3 nitrogen and oxygen atoms in total. The number of nitrogens with one attached hydrogen (secondary N) is 1. The minimum atomic E-state index is -0.344. The van der Waals surface area contributed by atoms with Crippen LogP contribution < -0.4 is 4.90 Å². The Labute approximate surface area is 116 Å². The highest BCUT2D eigenvalue weighted by atomic mass is 16.5. The smallest absolute Gasteiger partial charge is 0.126 e. The normalized spacial score (nSPS) is 25.2. The summed E-state index contributed by atoms with van der Waals surface area (Å²) in [5, 5.41) is 10.0. The molecule has 0 aromatic heterocycles. The van der Waals surface area contributed by atoms with Crippen LogP contribution in [0.15, 0.2) is 30.3 Å². The standard InChI is InChI=1S/C16H25NO2/c1-14-6-5-9-17(10-14)11-16(18)13-19-12-15-7-3-2-4-8-15/h2-4,7-8,14,16,18H,5-6,9-13H2,1H3/p+1/t14-,16+/m1/s1. The fourth-order valence-corrected chi connectivity index (χ4v) is 2.86. The molecule has 1 heterocycles. The van der Waals surface area contributed by atoms with E-state index in [0.717, 1.165) is 18.0 Å². The van der Waals surface area contributed by atoms with E-state index in [4.69, 9.17) is 4.74 Å². The number of rotatable bonds is 6. The van der Waals surface area contributed by atoms with Crippen molar-refractivity contribution in [2.24, 2.45) is 5.92 Å². The molecule has 1 fully saturated rings. The van der Waals surface area contributed by atoms with Gasteiger partial charge in [-0.1, -0.05) is 37.3 Å². The maximum Gasteiger partial charge on any atom is 0.126 e. The fourth-order valence-electron chi connectivity index (χ4n) is 2.86. The average Bonchev–Trinajstić information content (AvgIpc) is 2.40. The van der Waals surface area contributed by atoms with Crippen molar-refractivity contribution in [2.75, 3.05) is 26.2 Å². The van der Waals surface area contributed by atoms with Gasteiger partial charge in [-0.25, -0.2) is 0 Å². The first-order valence-corrected chi connectivity index (χ1v) is 7.37. The van der Waals surface area contributed by atoms with Gasteiger partial charge in [0.05, 0.1) is 26.3 Å². The molecule has 3 heteroatoms. The molecule has 1 saturated heterocycles. The highest BCUT2D eigenvalue weighted by Crippen LogP contribution is 2.05. The van der Waals surface area contributed by atoms with Crippen molar-refractivity contribution in [3.63, 3.8) is 0 Å². The molecule has 0 spiro atoms. The van der Waals surface area contributed by atoms with E-state index in [1.165, 1.54) is 30.8 Å². The zero-order valence-corrected chi connectivity index (χ0v) is 11.8. The summed E-state index contributed by atoms with van der Waals surface area (Å²) in [4.78, 5) is 1.52. The molecule has 1 aromatic rings. The quantitative estimate of drug-likeness (QED) is 0.800. The van der Waals surface area contributed by atoms with Crippen LogP contribution in [0.3, 0.4) is 0 Å². The van der Waals surface area contributed by atoms with Gasteiger partial charge in [0.1, 0.15) is 12.6 Å². The molecular formula is C16H26NO2+. The van der Waals surface area contributed by atoms with Crippen LogP contribution in [0.4, 0.5) is 0 Å². The molecular weight excluding hydrogens is 238 g/mol. The fraction of sp³-hybridized carbons (Fsp3) is 0.625. The Kier molecular flexibility index (Phi) is 5.83. The highest BCUT2D eigenvalue weighted by Gasteiger charge is 2.22. The van der Waals surface area contributed by atoms with Gasteiger partial charge >= 0.3 is 0 Å². The van der Waals surface area contributed by atoms with Crippen molar-refractivity contribution in [3.8, 4) is 0 Å². The SMILES string of the molecule is C[C@@H]1CCC[NH+](C[C@H](O)COCc2ccccc2)C1. The second kappa shape index (κ2) is 7.63. The highest BCUT2D eigenvalue weighted by molar-refractivity contribution is 5.13. The van der Waals surface area contributed by atoms with Gasteiger partial charge in [0.2, 0.25) is 0 Å². The summed E-state index contributed by atoms with van der Waals surface area (Å²) in [6.07, 6.45) is 2.28. The lowest BCUT2D eigenvalue weighted by Crippen LogP contribution is -3.14. The van der Waals surface area contributed by atoms with Crippen molar-refractivity contribution >= 4 is 0 Å². The molecule has 2 rings (SSSR count). The van der Waals surface area contributed by atoms with E-state index in [1.54, 1.807) is 0 Å². The Morgan fingerprint density at radius 2 is 2.16 bits per heavy atom. The van der Waals surface area contributed by atoms with E-state index in [2.05, 4.69) is 6.92 Å². The zero-order valence-electron chi connectivity index (χ0n) is 11.8. The van der Waals surface area contributed by atoms with E-state index in [0.29, 0.717) is 13.2 Å². The molecule has 1 aliphatic rings. The summed E-state index contributed by atoms with van der Waals surface area (Å²) in [7, 11) is 0. The van der Waals surface area contributed by atoms with Gasteiger partial charge in [-0.3, -0.25) is 0 Å². The minimum absolute atomic E-state index is 0.344. The van der Waals surface area contributed by atoms with Crippen LogP contribution in [0.5, 0.6) is 0 Å². The van der Waals surface area contributed by atoms with Gasteiger partial charge in [-0.15, -0.1) is 0 Å². The molecule has 1 unspecified atom stereocenters. The van der Waals surface area contributed by atoms with Crippen LogP contribution in [0.25, 0.3) is 0 Å². The molecule has 1 aromatic carbocycles. The van der Waals surface area contributed by atoms with Gasteiger partial charge in [0.15, 0.2) is 0 Å². The molecule has 0 bridgehead atoms. The first-order chi connectivity index (χ1) is 9.24. The minimum Gasteiger partial charge on any atom is -0.385 e. The van der Waals surface area contributed by atoms with Crippen LogP contribution in [0.2, 0.25) is 0 Å². The number of ether oxygens (including phenoxy) is 1. The van der Waals surface area contributed by atoms with Crippen molar-refractivity contribution in [3.05, 3.63) is 35.9 Å². The van der Waals surface area contributed by atoms with E-state index < -0.39 is 0 Å². The van der Waals surface area contributed by atoms with E-state index >= 15 is 0 Å². The Hall–Kier alpha value is -0.900. The van der Waals surface area contributed by atoms with Gasteiger partial charge in [0, 0.05) is 5.92 Å². The monoisotopic (exact) mass is 264 g/mol. The second-order valence-electron chi connectivity index (χ2n) is 5.81. The molecule has 3 atom stereocenters. The lowest BCUT2D eigenvalue weighted by atomic mass is 10.0. The van der Waals surface area contributed by atoms with Crippen LogP contribution in [0.1, 0.15) is 25.3 Å². The molecule has 0 aliphatic carbocycles. The van der Waals surface area contributed by atoms with Crippen LogP contribution in [-0.4, -0.2) is 37.5 Å². The van der Waals surface area contributed by atoms with Gasteiger partial charge in [-0.05, 0) is 18.4 Å². The van der Waals surface area contributed by atoms with Gasteiger partial charge < -0.3 is 14.7 Å². The predicted molar refractivity (Wildman–Crippen MR) is 76.1 cm³/mol. The molecule has 106 valence electrons. The Morgan fingerprint density at radius 3 is 2.89 bits per heavy atom. The van der Waals surface area contributed by atoms with Crippen molar-refractivity contribution in [1.82, 2.24) is 0 Å². The number of aliphatic hydroxyl groups is 1. The maximum absolute atomic E-state index is 10.0. The van der Waals surface area contributed by atoms with Crippen LogP contribution in [0, 0.1) is 5.92 Å². The molecule has 2 N–H and O–H groups in total. The van der Waals surface area contributed by atoms with Crippen molar-refractivity contribution < 1.29 is 14.7 Å². The first kappa shape index (κ1) is 14.5. The second-order valence-corrected chi connectivity index (χ2v) is 5.81. The summed E-state index contributed by atoms with van der Waals surface area (Å²) < 4.78 is 5.59. The van der Waals surface area contributed by atoms with Gasteiger partial charge in [0.25, 0.3) is 0 Å². The van der Waals surface area contributed by atoms with Gasteiger partial charge in [-0.2, -0.15) is 0 Å². The van der Waals surface area contributed by atoms with Crippen molar-refractivity contribution in [1.29, 1.82) is 0 Å². The van der Waals surface area contributed by atoms with E-state index in [-0.39, 0.29) is 6.10 Å². The lowest BCUT2D eigenvalue weighted by molar-refractivity contribution is -0.911. The molecule has 0 amide bonds. The third-order valence-electron chi connectivity index (χ3n) is 3.81. The molecule has 19 heavy (non-hydrogen) atoms. The summed E-state index contributed by atoms with van der Waals surface area (Å²) in [6.45, 7) is 6.53. The Morgan fingerprint density at radius 1 is 1.37 bits per heavy atom. The number of quaternary nitrogens is 1. The van der Waals surface area contributed by atoms with Crippen molar-refractivity contribution in [2.45, 2.75) is 32.5 Å². The lowest BCUT2D eigenvalue weighted by Gasteiger charge is -2.29. The zero-order chi connectivity index (χ0) is 13.5.